The SMILES string of the molecule is O=C1CC(c2ccccc2)N(C(=O)Nc2ncn(C3CCCCC3)n2)CCN1. The fraction of sp³-hybridized carbons (Fsp3) is 0.500. The second-order valence-corrected chi connectivity index (χ2v) is 7.44. The van der Waals surface area contributed by atoms with Gasteiger partial charge in [-0.15, -0.1) is 5.10 Å². The quantitative estimate of drug-likeness (QED) is 0.854. The number of carbonyl (C=O) groups is 2. The van der Waals surface area contributed by atoms with Gasteiger partial charge in [-0.3, -0.25) is 10.1 Å². The van der Waals surface area contributed by atoms with E-state index in [-0.39, 0.29) is 24.4 Å². The zero-order valence-corrected chi connectivity index (χ0v) is 15.9. The maximum atomic E-state index is 13.0. The van der Waals surface area contributed by atoms with Crippen LogP contribution in [0.25, 0.3) is 0 Å². The molecule has 1 aromatic heterocycles. The molecule has 1 aliphatic heterocycles. The molecule has 0 spiro atoms. The Kier molecular flexibility index (Phi) is 5.55. The van der Waals surface area contributed by atoms with Gasteiger partial charge in [-0.25, -0.2) is 14.5 Å². The summed E-state index contributed by atoms with van der Waals surface area (Å²) < 4.78 is 1.87. The number of nitrogens with zero attached hydrogens (tertiary/aromatic N) is 4. The number of aromatic nitrogens is 3. The Bertz CT molecular complexity index is 815. The molecule has 1 unspecified atom stereocenters. The van der Waals surface area contributed by atoms with E-state index in [1.807, 2.05) is 35.0 Å². The highest BCUT2D eigenvalue weighted by Crippen LogP contribution is 2.28. The summed E-state index contributed by atoms with van der Waals surface area (Å²) in [7, 11) is 0. The van der Waals surface area contributed by atoms with Gasteiger partial charge >= 0.3 is 6.03 Å². The molecule has 148 valence electrons. The highest BCUT2D eigenvalue weighted by Gasteiger charge is 2.30. The fourth-order valence-electron chi connectivity index (χ4n) is 4.07. The van der Waals surface area contributed by atoms with Gasteiger partial charge in [-0.1, -0.05) is 49.6 Å². The lowest BCUT2D eigenvalue weighted by Crippen LogP contribution is -2.39. The summed E-state index contributed by atoms with van der Waals surface area (Å²) in [5.74, 6) is 0.259. The molecule has 1 atom stereocenters. The van der Waals surface area contributed by atoms with Gasteiger partial charge in [0.1, 0.15) is 6.33 Å². The third-order valence-electron chi connectivity index (χ3n) is 5.55. The van der Waals surface area contributed by atoms with Crippen LogP contribution in [0.5, 0.6) is 0 Å². The second-order valence-electron chi connectivity index (χ2n) is 7.44. The molecular formula is C20H26N6O2. The molecule has 2 aliphatic rings. The summed E-state index contributed by atoms with van der Waals surface area (Å²) in [6.07, 6.45) is 7.84. The predicted octanol–water partition coefficient (Wildman–Crippen LogP) is 2.88. The van der Waals surface area contributed by atoms with Crippen LogP contribution in [0, 0.1) is 0 Å². The molecule has 1 aromatic carbocycles. The van der Waals surface area contributed by atoms with Crippen LogP contribution in [0.3, 0.4) is 0 Å². The summed E-state index contributed by atoms with van der Waals surface area (Å²) in [5.41, 5.74) is 0.940. The van der Waals surface area contributed by atoms with Gasteiger partial charge in [-0.05, 0) is 18.4 Å². The number of rotatable bonds is 3. The molecule has 2 N–H and O–H groups in total. The van der Waals surface area contributed by atoms with Crippen molar-refractivity contribution in [3.8, 4) is 0 Å². The van der Waals surface area contributed by atoms with Crippen LogP contribution in [0.15, 0.2) is 36.7 Å². The first-order chi connectivity index (χ1) is 13.7. The molecule has 28 heavy (non-hydrogen) atoms. The zero-order valence-electron chi connectivity index (χ0n) is 15.9. The Labute approximate surface area is 164 Å². The number of benzene rings is 1. The highest BCUT2D eigenvalue weighted by molar-refractivity contribution is 5.89. The molecule has 1 saturated heterocycles. The van der Waals surface area contributed by atoms with Crippen LogP contribution >= 0.6 is 0 Å². The van der Waals surface area contributed by atoms with Crippen LogP contribution in [0.1, 0.15) is 56.2 Å². The lowest BCUT2D eigenvalue weighted by Gasteiger charge is -2.29. The third-order valence-corrected chi connectivity index (χ3v) is 5.55. The molecule has 0 bridgehead atoms. The first-order valence-corrected chi connectivity index (χ1v) is 10.0. The molecule has 2 aromatic rings. The topological polar surface area (TPSA) is 92.2 Å². The Morgan fingerprint density at radius 1 is 1.14 bits per heavy atom. The number of carbonyl (C=O) groups excluding carboxylic acids is 2. The van der Waals surface area contributed by atoms with E-state index in [1.165, 1.54) is 19.3 Å². The van der Waals surface area contributed by atoms with Gasteiger partial charge in [-0.2, -0.15) is 0 Å². The van der Waals surface area contributed by atoms with Crippen LogP contribution < -0.4 is 10.6 Å². The molecule has 2 heterocycles. The summed E-state index contributed by atoms with van der Waals surface area (Å²) in [6, 6.07) is 9.41. The van der Waals surface area contributed by atoms with Gasteiger partial charge in [0.05, 0.1) is 18.5 Å². The zero-order chi connectivity index (χ0) is 19.3. The van der Waals surface area contributed by atoms with Crippen molar-refractivity contribution < 1.29 is 9.59 Å². The number of amides is 3. The second kappa shape index (κ2) is 8.41. The minimum absolute atomic E-state index is 0.0520. The van der Waals surface area contributed by atoms with Crippen LogP contribution in [-0.2, 0) is 4.79 Å². The Balaban J connectivity index is 1.49. The average Bonchev–Trinajstić information content (AvgIpc) is 3.10. The van der Waals surface area contributed by atoms with Crippen molar-refractivity contribution in [2.24, 2.45) is 0 Å². The van der Waals surface area contributed by atoms with Gasteiger partial charge in [0.15, 0.2) is 0 Å². The van der Waals surface area contributed by atoms with E-state index >= 15 is 0 Å². The minimum atomic E-state index is -0.316. The van der Waals surface area contributed by atoms with Gasteiger partial charge in [0, 0.05) is 13.1 Å². The van der Waals surface area contributed by atoms with Gasteiger partial charge < -0.3 is 10.2 Å². The Morgan fingerprint density at radius 3 is 2.71 bits per heavy atom. The molecule has 0 radical (unpaired) electrons. The number of urea groups is 1. The van der Waals surface area contributed by atoms with Crippen molar-refractivity contribution >= 4 is 17.9 Å². The first kappa shape index (κ1) is 18.5. The predicted molar refractivity (Wildman–Crippen MR) is 105 cm³/mol. The molecule has 8 nitrogen and oxygen atoms in total. The summed E-state index contributed by atoms with van der Waals surface area (Å²) in [6.45, 7) is 0.861. The molecule has 4 rings (SSSR count). The van der Waals surface area contributed by atoms with Crippen LogP contribution in [-0.4, -0.2) is 44.7 Å². The molecule has 1 aliphatic carbocycles. The lowest BCUT2D eigenvalue weighted by atomic mass is 9.96. The molecule has 8 heteroatoms. The van der Waals surface area contributed by atoms with E-state index in [2.05, 4.69) is 20.7 Å². The molecule has 1 saturated carbocycles. The van der Waals surface area contributed by atoms with Gasteiger partial charge in [0.2, 0.25) is 11.9 Å². The molecule has 3 amide bonds. The number of hydrogen-bond acceptors (Lipinski definition) is 4. The van der Waals surface area contributed by atoms with Crippen molar-refractivity contribution in [1.82, 2.24) is 25.0 Å². The number of hydrogen-bond donors (Lipinski definition) is 2. The van der Waals surface area contributed by atoms with E-state index in [9.17, 15) is 9.59 Å². The smallest absolute Gasteiger partial charge is 0.324 e. The van der Waals surface area contributed by atoms with E-state index in [0.29, 0.717) is 25.1 Å². The maximum absolute atomic E-state index is 13.0. The largest absolute Gasteiger partial charge is 0.354 e. The third kappa shape index (κ3) is 4.16. The Morgan fingerprint density at radius 2 is 1.93 bits per heavy atom. The summed E-state index contributed by atoms with van der Waals surface area (Å²) in [4.78, 5) is 31.0. The lowest BCUT2D eigenvalue weighted by molar-refractivity contribution is -0.121. The normalized spacial score (nSPS) is 21.1. The van der Waals surface area contributed by atoms with Crippen LogP contribution in [0.2, 0.25) is 0 Å². The van der Waals surface area contributed by atoms with Crippen LogP contribution in [0.4, 0.5) is 10.7 Å². The van der Waals surface area contributed by atoms with E-state index < -0.39 is 0 Å². The van der Waals surface area contributed by atoms with E-state index in [4.69, 9.17) is 0 Å². The first-order valence-electron chi connectivity index (χ1n) is 10.0. The highest BCUT2D eigenvalue weighted by atomic mass is 16.2. The van der Waals surface area contributed by atoms with E-state index in [1.54, 1.807) is 11.2 Å². The fourth-order valence-corrected chi connectivity index (χ4v) is 4.07. The van der Waals surface area contributed by atoms with Crippen molar-refractivity contribution in [2.75, 3.05) is 18.4 Å². The Hall–Kier alpha value is -2.90. The summed E-state index contributed by atoms with van der Waals surface area (Å²) in [5, 5.41) is 10.1. The standard InChI is InChI=1S/C20H26N6O2/c27-18-13-17(15-7-3-1-4-8-15)25(12-11-21-18)20(28)23-19-22-14-26(24-19)16-9-5-2-6-10-16/h1,3-4,7-8,14,16-17H,2,5-6,9-13H2,(H,21,27)(H,23,24,28). The van der Waals surface area contributed by atoms with Crippen molar-refractivity contribution in [1.29, 1.82) is 0 Å². The van der Waals surface area contributed by atoms with Crippen molar-refractivity contribution in [3.63, 3.8) is 0 Å². The van der Waals surface area contributed by atoms with Crippen molar-refractivity contribution in [2.45, 2.75) is 50.6 Å². The minimum Gasteiger partial charge on any atom is -0.354 e. The molecular weight excluding hydrogens is 356 g/mol. The van der Waals surface area contributed by atoms with E-state index in [0.717, 1.165) is 18.4 Å². The molecule has 2 fully saturated rings. The van der Waals surface area contributed by atoms with Gasteiger partial charge in [0.25, 0.3) is 0 Å². The average molecular weight is 382 g/mol. The van der Waals surface area contributed by atoms with Crippen molar-refractivity contribution in [3.05, 3.63) is 42.2 Å². The maximum Gasteiger partial charge on any atom is 0.324 e. The summed E-state index contributed by atoms with van der Waals surface area (Å²) >= 11 is 0. The monoisotopic (exact) mass is 382 g/mol. The number of anilines is 1. The number of nitrogens with one attached hydrogen (secondary N) is 2.